The Morgan fingerprint density at radius 1 is 1.30 bits per heavy atom. The molecule has 1 saturated carbocycles. The monoisotopic (exact) mass is 385 g/mol. The molecule has 142 valence electrons. The number of pyridine rings is 1. The predicted octanol–water partition coefficient (Wildman–Crippen LogP) is 2.69. The normalized spacial score (nSPS) is 20.3. The molecule has 1 aliphatic rings. The molecular weight excluding hydrogens is 362 g/mol. The van der Waals surface area contributed by atoms with Crippen LogP contribution in [-0.2, 0) is 10.8 Å². The van der Waals surface area contributed by atoms with Gasteiger partial charge in [-0.3, -0.25) is 4.21 Å². The Morgan fingerprint density at radius 2 is 2.11 bits per heavy atom. The summed E-state index contributed by atoms with van der Waals surface area (Å²) < 4.78 is 17.9. The van der Waals surface area contributed by atoms with Crippen molar-refractivity contribution < 1.29 is 8.95 Å². The standard InChI is InChI=1S/C19H23N5O2S/c1-12-16(4-5-17(23-12)26-3)27(25)10-13-8-14(9-13)24(2)19-15-6-7-20-18(15)21-11-22-19/h4-7,11,13-14H,8-10H2,1-3H3,(H,20,21,22). The fourth-order valence-electron chi connectivity index (χ4n) is 3.65. The molecule has 1 aliphatic carbocycles. The van der Waals surface area contributed by atoms with Crippen LogP contribution in [0.15, 0.2) is 35.6 Å². The minimum Gasteiger partial charge on any atom is -0.481 e. The second kappa shape index (κ2) is 7.26. The van der Waals surface area contributed by atoms with Gasteiger partial charge in [-0.05, 0) is 37.8 Å². The number of aromatic amines is 1. The molecule has 27 heavy (non-hydrogen) atoms. The first kappa shape index (κ1) is 17.9. The first-order chi connectivity index (χ1) is 13.1. The summed E-state index contributed by atoms with van der Waals surface area (Å²) in [6.07, 6.45) is 5.51. The number of hydrogen-bond acceptors (Lipinski definition) is 6. The van der Waals surface area contributed by atoms with Gasteiger partial charge in [0, 0.05) is 31.1 Å². The molecule has 3 aromatic rings. The van der Waals surface area contributed by atoms with E-state index in [4.69, 9.17) is 4.74 Å². The van der Waals surface area contributed by atoms with E-state index in [0.717, 1.165) is 40.3 Å². The minimum absolute atomic E-state index is 0.412. The summed E-state index contributed by atoms with van der Waals surface area (Å²) in [5, 5.41) is 1.03. The van der Waals surface area contributed by atoms with E-state index >= 15 is 0 Å². The summed E-state index contributed by atoms with van der Waals surface area (Å²) in [7, 11) is 2.62. The summed E-state index contributed by atoms with van der Waals surface area (Å²) in [6.45, 7) is 1.88. The molecule has 0 amide bonds. The number of H-pyrrole nitrogens is 1. The molecule has 1 unspecified atom stereocenters. The van der Waals surface area contributed by atoms with Gasteiger partial charge in [-0.2, -0.15) is 0 Å². The lowest BCUT2D eigenvalue weighted by molar-refractivity contribution is 0.284. The van der Waals surface area contributed by atoms with E-state index in [-0.39, 0.29) is 0 Å². The maximum Gasteiger partial charge on any atom is 0.213 e. The van der Waals surface area contributed by atoms with Crippen LogP contribution < -0.4 is 9.64 Å². The SMILES string of the molecule is COc1ccc(S(=O)CC2CC(N(C)c3ncnc4[nH]ccc34)C2)c(C)n1. The maximum atomic E-state index is 12.7. The van der Waals surface area contributed by atoms with Crippen molar-refractivity contribution in [2.75, 3.05) is 24.8 Å². The average molecular weight is 385 g/mol. The van der Waals surface area contributed by atoms with Crippen LogP contribution in [0.3, 0.4) is 0 Å². The van der Waals surface area contributed by atoms with Crippen LogP contribution in [0, 0.1) is 12.8 Å². The Morgan fingerprint density at radius 3 is 2.85 bits per heavy atom. The highest BCUT2D eigenvalue weighted by Crippen LogP contribution is 2.36. The Labute approximate surface area is 160 Å². The van der Waals surface area contributed by atoms with E-state index in [0.29, 0.717) is 23.6 Å². The molecule has 0 aromatic carbocycles. The summed E-state index contributed by atoms with van der Waals surface area (Å²) >= 11 is 0. The van der Waals surface area contributed by atoms with Gasteiger partial charge < -0.3 is 14.6 Å². The van der Waals surface area contributed by atoms with Crippen molar-refractivity contribution in [1.29, 1.82) is 0 Å². The van der Waals surface area contributed by atoms with Gasteiger partial charge in [0.2, 0.25) is 5.88 Å². The number of ether oxygens (including phenoxy) is 1. The molecule has 3 aromatic heterocycles. The van der Waals surface area contributed by atoms with Gasteiger partial charge in [0.05, 0.1) is 33.9 Å². The average Bonchev–Trinajstić information content (AvgIpc) is 3.12. The van der Waals surface area contributed by atoms with Gasteiger partial charge in [-0.25, -0.2) is 15.0 Å². The van der Waals surface area contributed by atoms with Gasteiger partial charge in [0.15, 0.2) is 0 Å². The zero-order valence-corrected chi connectivity index (χ0v) is 16.5. The van der Waals surface area contributed by atoms with Crippen LogP contribution in [-0.4, -0.2) is 50.1 Å². The van der Waals surface area contributed by atoms with Crippen LogP contribution in [0.5, 0.6) is 5.88 Å². The first-order valence-corrected chi connectivity index (χ1v) is 10.3. The number of nitrogens with one attached hydrogen (secondary N) is 1. The smallest absolute Gasteiger partial charge is 0.213 e. The van der Waals surface area contributed by atoms with Gasteiger partial charge in [0.25, 0.3) is 0 Å². The molecule has 1 fully saturated rings. The van der Waals surface area contributed by atoms with Crippen LogP contribution in [0.2, 0.25) is 0 Å². The van der Waals surface area contributed by atoms with Crippen LogP contribution in [0.4, 0.5) is 5.82 Å². The van der Waals surface area contributed by atoms with Crippen molar-refractivity contribution in [3.05, 3.63) is 36.4 Å². The quantitative estimate of drug-likeness (QED) is 0.702. The number of aryl methyl sites for hydroxylation is 1. The molecule has 1 atom stereocenters. The minimum atomic E-state index is -1.04. The molecule has 0 spiro atoms. The van der Waals surface area contributed by atoms with E-state index < -0.39 is 10.8 Å². The van der Waals surface area contributed by atoms with Crippen LogP contribution >= 0.6 is 0 Å². The number of rotatable bonds is 6. The molecule has 8 heteroatoms. The highest BCUT2D eigenvalue weighted by molar-refractivity contribution is 7.85. The molecule has 4 rings (SSSR count). The molecule has 0 bridgehead atoms. The summed E-state index contributed by atoms with van der Waals surface area (Å²) in [6, 6.07) is 6.05. The van der Waals surface area contributed by atoms with E-state index in [2.05, 4.69) is 31.9 Å². The zero-order valence-electron chi connectivity index (χ0n) is 15.7. The third-order valence-electron chi connectivity index (χ3n) is 5.28. The van der Waals surface area contributed by atoms with Crippen molar-refractivity contribution in [2.45, 2.75) is 30.7 Å². The van der Waals surface area contributed by atoms with Crippen LogP contribution in [0.1, 0.15) is 18.5 Å². The third-order valence-corrected chi connectivity index (χ3v) is 6.98. The predicted molar refractivity (Wildman–Crippen MR) is 106 cm³/mol. The molecule has 7 nitrogen and oxygen atoms in total. The molecule has 0 aliphatic heterocycles. The van der Waals surface area contributed by atoms with Gasteiger partial charge in [-0.15, -0.1) is 0 Å². The highest BCUT2D eigenvalue weighted by atomic mass is 32.2. The van der Waals surface area contributed by atoms with Crippen molar-refractivity contribution >= 4 is 27.7 Å². The molecular formula is C19H23N5O2S. The van der Waals surface area contributed by atoms with Crippen molar-refractivity contribution in [2.24, 2.45) is 5.92 Å². The topological polar surface area (TPSA) is 84.0 Å². The van der Waals surface area contributed by atoms with Gasteiger partial charge in [-0.1, -0.05) is 0 Å². The highest BCUT2D eigenvalue weighted by Gasteiger charge is 2.34. The number of methoxy groups -OCH3 is 1. The third kappa shape index (κ3) is 3.41. The lowest BCUT2D eigenvalue weighted by Gasteiger charge is -2.41. The second-order valence-electron chi connectivity index (χ2n) is 6.99. The van der Waals surface area contributed by atoms with E-state index in [1.54, 1.807) is 19.5 Å². The van der Waals surface area contributed by atoms with E-state index in [1.165, 1.54) is 0 Å². The molecule has 0 saturated heterocycles. The molecule has 3 heterocycles. The van der Waals surface area contributed by atoms with Crippen molar-refractivity contribution in [3.63, 3.8) is 0 Å². The number of nitrogens with zero attached hydrogens (tertiary/aromatic N) is 4. The van der Waals surface area contributed by atoms with Gasteiger partial charge in [0.1, 0.15) is 17.8 Å². The maximum absolute atomic E-state index is 12.7. The largest absolute Gasteiger partial charge is 0.481 e. The summed E-state index contributed by atoms with van der Waals surface area (Å²) in [5.74, 6) is 2.62. The van der Waals surface area contributed by atoms with Crippen molar-refractivity contribution in [1.82, 2.24) is 19.9 Å². The number of hydrogen-bond donors (Lipinski definition) is 1. The Hall–Kier alpha value is -2.48. The van der Waals surface area contributed by atoms with E-state index in [9.17, 15) is 4.21 Å². The fraction of sp³-hybridized carbons (Fsp3) is 0.421. The number of aromatic nitrogens is 4. The number of anilines is 1. The second-order valence-corrected chi connectivity index (χ2v) is 8.45. The number of fused-ring (bicyclic) bond motifs is 1. The summed E-state index contributed by atoms with van der Waals surface area (Å²) in [5.41, 5.74) is 1.63. The zero-order chi connectivity index (χ0) is 19.0. The Kier molecular flexibility index (Phi) is 4.82. The molecule has 1 N–H and O–H groups in total. The summed E-state index contributed by atoms with van der Waals surface area (Å²) in [4.78, 5) is 19.2. The lowest BCUT2D eigenvalue weighted by atomic mass is 9.81. The van der Waals surface area contributed by atoms with Crippen LogP contribution in [0.25, 0.3) is 11.0 Å². The van der Waals surface area contributed by atoms with Gasteiger partial charge >= 0.3 is 0 Å². The first-order valence-electron chi connectivity index (χ1n) is 8.97. The Balaban J connectivity index is 1.38. The van der Waals surface area contributed by atoms with Crippen molar-refractivity contribution in [3.8, 4) is 5.88 Å². The molecule has 0 radical (unpaired) electrons. The lowest BCUT2D eigenvalue weighted by Crippen LogP contribution is -2.44. The fourth-order valence-corrected chi connectivity index (χ4v) is 5.12. The Bertz CT molecular complexity index is 983. The van der Waals surface area contributed by atoms with E-state index in [1.807, 2.05) is 25.3 Å².